The molecule has 1 saturated heterocycles. The minimum atomic E-state index is -3.75. The molecule has 0 saturated carbocycles. The Kier molecular flexibility index (Phi) is 5.51. The van der Waals surface area contributed by atoms with E-state index in [9.17, 15) is 12.8 Å². The summed E-state index contributed by atoms with van der Waals surface area (Å²) < 4.78 is 40.0. The Hall–Kier alpha value is -0.980. The predicted molar refractivity (Wildman–Crippen MR) is 76.5 cm³/mol. The first kappa shape index (κ1) is 15.4. The van der Waals surface area contributed by atoms with E-state index in [-0.39, 0.29) is 4.90 Å². The van der Waals surface area contributed by atoms with Gasteiger partial charge in [-0.3, -0.25) is 0 Å². The molecule has 0 radical (unpaired) electrons. The van der Waals surface area contributed by atoms with E-state index in [2.05, 4.69) is 9.62 Å². The number of hydrogen-bond acceptors (Lipinski definition) is 3. The molecule has 1 heterocycles. The molecule has 1 aromatic rings. The standard InChI is InChI=1S/C14H21FN2O2S/c15-13-7-3-4-8-14(13)20(18,19)16-9-12-17-10-5-1-2-6-11-17/h3-4,7-8,16H,1-2,5-6,9-12H2. The lowest BCUT2D eigenvalue weighted by molar-refractivity contribution is 0.290. The normalized spacial score (nSPS) is 17.9. The van der Waals surface area contributed by atoms with Gasteiger partial charge in [-0.05, 0) is 38.1 Å². The number of sulfonamides is 1. The van der Waals surface area contributed by atoms with Crippen molar-refractivity contribution in [2.24, 2.45) is 0 Å². The second kappa shape index (κ2) is 7.15. The molecule has 0 spiro atoms. The summed E-state index contributed by atoms with van der Waals surface area (Å²) in [6, 6.07) is 5.44. The van der Waals surface area contributed by atoms with Crippen LogP contribution in [0.2, 0.25) is 0 Å². The Labute approximate surface area is 120 Å². The number of likely N-dealkylation sites (tertiary alicyclic amines) is 1. The highest BCUT2D eigenvalue weighted by Crippen LogP contribution is 2.13. The quantitative estimate of drug-likeness (QED) is 0.904. The fraction of sp³-hybridized carbons (Fsp3) is 0.571. The van der Waals surface area contributed by atoms with Crippen LogP contribution in [0.1, 0.15) is 25.7 Å². The van der Waals surface area contributed by atoms with Gasteiger partial charge in [0.2, 0.25) is 10.0 Å². The minimum Gasteiger partial charge on any atom is -0.302 e. The summed E-state index contributed by atoms with van der Waals surface area (Å²) >= 11 is 0. The van der Waals surface area contributed by atoms with Gasteiger partial charge in [0.15, 0.2) is 0 Å². The van der Waals surface area contributed by atoms with Crippen LogP contribution >= 0.6 is 0 Å². The van der Waals surface area contributed by atoms with Crippen LogP contribution in [0, 0.1) is 5.82 Å². The zero-order valence-electron chi connectivity index (χ0n) is 11.5. The first-order chi connectivity index (χ1) is 9.59. The van der Waals surface area contributed by atoms with Gasteiger partial charge in [0.1, 0.15) is 10.7 Å². The molecule has 0 unspecified atom stereocenters. The topological polar surface area (TPSA) is 49.4 Å². The summed E-state index contributed by atoms with van der Waals surface area (Å²) in [5.41, 5.74) is 0. The summed E-state index contributed by atoms with van der Waals surface area (Å²) in [5.74, 6) is -0.713. The first-order valence-corrected chi connectivity index (χ1v) is 8.54. The molecular weight excluding hydrogens is 279 g/mol. The van der Waals surface area contributed by atoms with Gasteiger partial charge in [-0.15, -0.1) is 0 Å². The van der Waals surface area contributed by atoms with Gasteiger partial charge in [-0.1, -0.05) is 25.0 Å². The summed E-state index contributed by atoms with van der Waals surface area (Å²) in [6.07, 6.45) is 4.83. The van der Waals surface area contributed by atoms with Crippen LogP contribution in [0.25, 0.3) is 0 Å². The Balaban J connectivity index is 1.88. The molecule has 0 atom stereocenters. The highest BCUT2D eigenvalue weighted by Gasteiger charge is 2.18. The van der Waals surface area contributed by atoms with Crippen molar-refractivity contribution in [1.29, 1.82) is 0 Å². The summed E-state index contributed by atoms with van der Waals surface area (Å²) in [6.45, 7) is 3.02. The van der Waals surface area contributed by atoms with Crippen LogP contribution in [-0.4, -0.2) is 39.5 Å². The number of nitrogens with one attached hydrogen (secondary N) is 1. The van der Waals surface area contributed by atoms with Crippen molar-refractivity contribution >= 4 is 10.0 Å². The molecule has 6 heteroatoms. The zero-order valence-corrected chi connectivity index (χ0v) is 12.3. The smallest absolute Gasteiger partial charge is 0.243 e. The van der Waals surface area contributed by atoms with Gasteiger partial charge in [0, 0.05) is 13.1 Å². The van der Waals surface area contributed by atoms with Crippen LogP contribution in [0.15, 0.2) is 29.2 Å². The fourth-order valence-corrected chi connectivity index (χ4v) is 3.54. The molecule has 4 nitrogen and oxygen atoms in total. The number of hydrogen-bond donors (Lipinski definition) is 1. The third-order valence-electron chi connectivity index (χ3n) is 3.54. The summed E-state index contributed by atoms with van der Waals surface area (Å²) in [5, 5.41) is 0. The van der Waals surface area contributed by atoms with E-state index in [0.29, 0.717) is 13.1 Å². The second-order valence-electron chi connectivity index (χ2n) is 5.08. The zero-order chi connectivity index (χ0) is 14.4. The SMILES string of the molecule is O=S(=O)(NCCN1CCCCCC1)c1ccccc1F. The highest BCUT2D eigenvalue weighted by molar-refractivity contribution is 7.89. The van der Waals surface area contributed by atoms with Crippen LogP contribution < -0.4 is 4.72 Å². The van der Waals surface area contributed by atoms with Crippen LogP contribution in [-0.2, 0) is 10.0 Å². The van der Waals surface area contributed by atoms with Crippen LogP contribution in [0.4, 0.5) is 4.39 Å². The van der Waals surface area contributed by atoms with Crippen molar-refractivity contribution in [3.8, 4) is 0 Å². The highest BCUT2D eigenvalue weighted by atomic mass is 32.2. The maximum Gasteiger partial charge on any atom is 0.243 e. The van der Waals surface area contributed by atoms with Crippen LogP contribution in [0.3, 0.4) is 0 Å². The van der Waals surface area contributed by atoms with Crippen molar-refractivity contribution in [1.82, 2.24) is 9.62 Å². The molecule has 1 fully saturated rings. The molecule has 1 aromatic carbocycles. The maximum absolute atomic E-state index is 13.5. The Bertz CT molecular complexity index is 526. The number of rotatable bonds is 5. The van der Waals surface area contributed by atoms with Gasteiger partial charge in [-0.25, -0.2) is 17.5 Å². The maximum atomic E-state index is 13.5. The van der Waals surface area contributed by atoms with Crippen molar-refractivity contribution in [3.63, 3.8) is 0 Å². The van der Waals surface area contributed by atoms with Crippen molar-refractivity contribution < 1.29 is 12.8 Å². The van der Waals surface area contributed by atoms with Crippen molar-refractivity contribution in [2.75, 3.05) is 26.2 Å². The summed E-state index contributed by atoms with van der Waals surface area (Å²) in [7, 11) is -3.75. The predicted octanol–water partition coefficient (Wildman–Crippen LogP) is 1.98. The van der Waals surface area contributed by atoms with Gasteiger partial charge in [-0.2, -0.15) is 0 Å². The Morgan fingerprint density at radius 2 is 1.75 bits per heavy atom. The Morgan fingerprint density at radius 3 is 2.40 bits per heavy atom. The monoisotopic (exact) mass is 300 g/mol. The molecule has 112 valence electrons. The Morgan fingerprint density at radius 1 is 1.10 bits per heavy atom. The largest absolute Gasteiger partial charge is 0.302 e. The van der Waals surface area contributed by atoms with Crippen molar-refractivity contribution in [2.45, 2.75) is 30.6 Å². The van der Waals surface area contributed by atoms with E-state index < -0.39 is 15.8 Å². The first-order valence-electron chi connectivity index (χ1n) is 7.06. The van der Waals surface area contributed by atoms with E-state index >= 15 is 0 Å². The molecule has 0 amide bonds. The molecule has 0 aromatic heterocycles. The molecule has 0 aliphatic carbocycles. The molecule has 1 aliphatic heterocycles. The van der Waals surface area contributed by atoms with E-state index in [1.54, 1.807) is 0 Å². The lowest BCUT2D eigenvalue weighted by Gasteiger charge is -2.19. The number of nitrogens with zero attached hydrogens (tertiary/aromatic N) is 1. The minimum absolute atomic E-state index is 0.282. The van der Waals surface area contributed by atoms with Gasteiger partial charge in [0.25, 0.3) is 0 Å². The summed E-state index contributed by atoms with van der Waals surface area (Å²) in [4.78, 5) is 1.98. The second-order valence-corrected chi connectivity index (χ2v) is 6.82. The molecular formula is C14H21FN2O2S. The molecule has 2 rings (SSSR count). The van der Waals surface area contributed by atoms with Gasteiger partial charge in [0.05, 0.1) is 0 Å². The third kappa shape index (κ3) is 4.26. The lowest BCUT2D eigenvalue weighted by atomic mass is 10.2. The van der Waals surface area contributed by atoms with Crippen molar-refractivity contribution in [3.05, 3.63) is 30.1 Å². The average Bonchev–Trinajstić information content (AvgIpc) is 2.67. The van der Waals surface area contributed by atoms with Crippen LogP contribution in [0.5, 0.6) is 0 Å². The van der Waals surface area contributed by atoms with E-state index in [4.69, 9.17) is 0 Å². The average molecular weight is 300 g/mol. The van der Waals surface area contributed by atoms with Gasteiger partial charge >= 0.3 is 0 Å². The molecule has 1 N–H and O–H groups in total. The fourth-order valence-electron chi connectivity index (χ4n) is 2.44. The molecule has 20 heavy (non-hydrogen) atoms. The van der Waals surface area contributed by atoms with Gasteiger partial charge < -0.3 is 4.90 Å². The molecule has 1 aliphatic rings. The number of halogens is 1. The third-order valence-corrected chi connectivity index (χ3v) is 5.04. The van der Waals surface area contributed by atoms with E-state index in [1.807, 2.05) is 0 Å². The lowest BCUT2D eigenvalue weighted by Crippen LogP contribution is -2.35. The van der Waals surface area contributed by atoms with E-state index in [0.717, 1.165) is 19.2 Å². The van der Waals surface area contributed by atoms with E-state index in [1.165, 1.54) is 43.9 Å². The number of benzene rings is 1. The molecule has 0 bridgehead atoms.